The minimum absolute atomic E-state index is 0.106. The largest absolute Gasteiger partial charge is 0.406 e. The molecule has 96 valence electrons. The van der Waals surface area contributed by atoms with Gasteiger partial charge in [-0.25, -0.2) is 12.7 Å². The van der Waals surface area contributed by atoms with E-state index in [9.17, 15) is 26.4 Å². The summed E-state index contributed by atoms with van der Waals surface area (Å²) in [5.41, 5.74) is 0. The number of hydrogen-bond acceptors (Lipinski definition) is 4. The van der Waals surface area contributed by atoms with Crippen LogP contribution >= 0.6 is 0 Å². The molecular weight excluding hydrogens is 261 g/mol. The molecule has 0 aromatic heterocycles. The van der Waals surface area contributed by atoms with E-state index in [2.05, 4.69) is 0 Å². The van der Waals surface area contributed by atoms with E-state index in [1.165, 1.54) is 0 Å². The Morgan fingerprint density at radius 2 is 1.94 bits per heavy atom. The van der Waals surface area contributed by atoms with Gasteiger partial charge in [0, 0.05) is 0 Å². The normalized spacial score (nSPS) is 23.8. The average Bonchev–Trinajstić information content (AvgIpc) is 2.15. The first-order valence-corrected chi connectivity index (χ1v) is 5.93. The van der Waals surface area contributed by atoms with Gasteiger partial charge in [0.05, 0.1) is 12.6 Å². The summed E-state index contributed by atoms with van der Waals surface area (Å²) in [5.74, 6) is -3.43. The number of nitriles is 1. The Morgan fingerprint density at radius 1 is 1.47 bits per heavy atom. The van der Waals surface area contributed by atoms with E-state index >= 15 is 0 Å². The van der Waals surface area contributed by atoms with Crippen LogP contribution in [0.1, 0.15) is 13.8 Å². The summed E-state index contributed by atoms with van der Waals surface area (Å²) in [6.07, 6.45) is -4.86. The highest BCUT2D eigenvalue weighted by atomic mass is 32.2. The predicted octanol–water partition coefficient (Wildman–Crippen LogP) is 0.639. The number of nitrogens with zero attached hydrogens (tertiary/aromatic N) is 2. The van der Waals surface area contributed by atoms with Gasteiger partial charge in [0.15, 0.2) is 10.7 Å². The van der Waals surface area contributed by atoms with Crippen molar-refractivity contribution >= 4 is 15.9 Å². The maximum Gasteiger partial charge on any atom is 0.406 e. The Balaban J connectivity index is 2.94. The zero-order valence-corrected chi connectivity index (χ0v) is 9.76. The second-order valence-electron chi connectivity index (χ2n) is 4.07. The van der Waals surface area contributed by atoms with Crippen LogP contribution in [-0.2, 0) is 14.8 Å². The van der Waals surface area contributed by atoms with Crippen LogP contribution in [-0.4, -0.2) is 36.1 Å². The van der Waals surface area contributed by atoms with Gasteiger partial charge in [0.2, 0.25) is 0 Å². The lowest BCUT2D eigenvalue weighted by atomic mass is 10.1. The molecule has 0 saturated carbocycles. The molecule has 0 aromatic carbocycles. The van der Waals surface area contributed by atoms with E-state index in [-0.39, 0.29) is 4.31 Å². The monoisotopic (exact) mass is 270 g/mol. The second kappa shape index (κ2) is 3.60. The fourth-order valence-corrected chi connectivity index (χ4v) is 2.86. The fourth-order valence-electron chi connectivity index (χ4n) is 1.32. The third kappa shape index (κ3) is 1.86. The lowest BCUT2D eigenvalue weighted by molar-refractivity contribution is -0.163. The molecule has 17 heavy (non-hydrogen) atoms. The number of carbonyl (C=O) groups is 1. The van der Waals surface area contributed by atoms with Crippen molar-refractivity contribution in [3.05, 3.63) is 0 Å². The second-order valence-corrected chi connectivity index (χ2v) is 6.49. The summed E-state index contributed by atoms with van der Waals surface area (Å²) in [5, 5.41) is 8.31. The molecule has 1 aliphatic heterocycles. The molecule has 1 rings (SSSR count). The van der Waals surface area contributed by atoms with Crippen molar-refractivity contribution in [2.24, 2.45) is 5.92 Å². The van der Waals surface area contributed by atoms with E-state index < -0.39 is 39.3 Å². The van der Waals surface area contributed by atoms with Crippen molar-refractivity contribution in [3.63, 3.8) is 0 Å². The van der Waals surface area contributed by atoms with Crippen LogP contribution in [0.5, 0.6) is 0 Å². The Bertz CT molecular complexity index is 489. The van der Waals surface area contributed by atoms with Gasteiger partial charge in [0.1, 0.15) is 0 Å². The van der Waals surface area contributed by atoms with Gasteiger partial charge >= 0.3 is 6.18 Å². The highest BCUT2D eigenvalue weighted by Crippen LogP contribution is 2.37. The van der Waals surface area contributed by atoms with Crippen LogP contribution in [0, 0.1) is 17.2 Å². The molecule has 1 saturated heterocycles. The van der Waals surface area contributed by atoms with Crippen LogP contribution in [0.2, 0.25) is 0 Å². The molecule has 5 nitrogen and oxygen atoms in total. The number of amides is 1. The number of carbonyl (C=O) groups excluding carboxylic acids is 1. The van der Waals surface area contributed by atoms with Gasteiger partial charge in [-0.05, 0) is 13.8 Å². The standard InChI is InChI=1S/C8H9F3N2O3S/c1-7(2)6(14)13(17(7,15)16)4-5(3-12)8(9,10)11/h5H,4H2,1-2H3. The molecule has 0 spiro atoms. The van der Waals surface area contributed by atoms with E-state index in [0.29, 0.717) is 0 Å². The van der Waals surface area contributed by atoms with E-state index in [1.54, 1.807) is 0 Å². The van der Waals surface area contributed by atoms with Crippen LogP contribution in [0.15, 0.2) is 0 Å². The Morgan fingerprint density at radius 3 is 2.24 bits per heavy atom. The number of alkyl halides is 3. The molecule has 9 heteroatoms. The third-order valence-electron chi connectivity index (χ3n) is 2.58. The first kappa shape index (κ1) is 13.8. The Kier molecular flexibility index (Phi) is 2.91. The lowest BCUT2D eigenvalue weighted by Gasteiger charge is -2.43. The van der Waals surface area contributed by atoms with E-state index in [4.69, 9.17) is 5.26 Å². The van der Waals surface area contributed by atoms with E-state index in [0.717, 1.165) is 19.9 Å². The van der Waals surface area contributed by atoms with Crippen molar-refractivity contribution in [1.29, 1.82) is 5.26 Å². The minimum atomic E-state index is -4.86. The topological polar surface area (TPSA) is 78.2 Å². The van der Waals surface area contributed by atoms with Gasteiger partial charge in [-0.15, -0.1) is 0 Å². The van der Waals surface area contributed by atoms with Crippen molar-refractivity contribution in [2.75, 3.05) is 6.54 Å². The molecule has 1 heterocycles. The van der Waals surface area contributed by atoms with Gasteiger partial charge in [0.25, 0.3) is 15.9 Å². The molecule has 0 aliphatic carbocycles. The first-order valence-electron chi connectivity index (χ1n) is 4.49. The summed E-state index contributed by atoms with van der Waals surface area (Å²) in [7, 11) is -4.08. The zero-order chi connectivity index (χ0) is 13.6. The summed E-state index contributed by atoms with van der Waals surface area (Å²) < 4.78 is 58.1. The summed E-state index contributed by atoms with van der Waals surface area (Å²) in [6, 6.07) is 0.943. The zero-order valence-electron chi connectivity index (χ0n) is 8.95. The van der Waals surface area contributed by atoms with Gasteiger partial charge < -0.3 is 0 Å². The lowest BCUT2D eigenvalue weighted by Crippen LogP contribution is -2.68. The third-order valence-corrected chi connectivity index (χ3v) is 4.94. The summed E-state index contributed by atoms with van der Waals surface area (Å²) in [6.45, 7) is 1.04. The van der Waals surface area contributed by atoms with Crippen LogP contribution in [0.3, 0.4) is 0 Å². The van der Waals surface area contributed by atoms with Gasteiger partial charge in [-0.2, -0.15) is 18.4 Å². The molecule has 1 fully saturated rings. The molecule has 0 N–H and O–H groups in total. The minimum Gasteiger partial charge on any atom is -0.272 e. The smallest absolute Gasteiger partial charge is 0.272 e. The highest BCUT2D eigenvalue weighted by molar-refractivity contribution is 7.94. The van der Waals surface area contributed by atoms with Crippen molar-refractivity contribution in [2.45, 2.75) is 24.8 Å². The molecule has 0 bridgehead atoms. The quantitative estimate of drug-likeness (QED) is 0.737. The molecule has 1 unspecified atom stereocenters. The van der Waals surface area contributed by atoms with Crippen molar-refractivity contribution < 1.29 is 26.4 Å². The predicted molar refractivity (Wildman–Crippen MR) is 49.9 cm³/mol. The number of hydrogen-bond donors (Lipinski definition) is 0. The molecule has 0 radical (unpaired) electrons. The highest BCUT2D eigenvalue weighted by Gasteiger charge is 2.61. The molecule has 1 atom stereocenters. The summed E-state index contributed by atoms with van der Waals surface area (Å²) in [4.78, 5) is 11.3. The molecule has 1 aliphatic rings. The maximum absolute atomic E-state index is 12.3. The van der Waals surface area contributed by atoms with Crippen molar-refractivity contribution in [3.8, 4) is 6.07 Å². The first-order chi connectivity index (χ1) is 7.46. The van der Waals surface area contributed by atoms with Crippen LogP contribution in [0.4, 0.5) is 13.2 Å². The maximum atomic E-state index is 12.3. The average molecular weight is 270 g/mol. The van der Waals surface area contributed by atoms with Crippen LogP contribution in [0.25, 0.3) is 0 Å². The Hall–Kier alpha value is -1.30. The number of halogens is 3. The van der Waals surface area contributed by atoms with Crippen LogP contribution < -0.4 is 0 Å². The fraction of sp³-hybridized carbons (Fsp3) is 0.750. The molecular formula is C8H9F3N2O3S. The van der Waals surface area contributed by atoms with Crippen molar-refractivity contribution in [1.82, 2.24) is 4.31 Å². The number of rotatable bonds is 2. The number of sulfonamides is 1. The molecule has 1 amide bonds. The molecule has 0 aromatic rings. The van der Waals surface area contributed by atoms with E-state index in [1.807, 2.05) is 0 Å². The van der Waals surface area contributed by atoms with Gasteiger partial charge in [-0.3, -0.25) is 4.79 Å². The summed E-state index contributed by atoms with van der Waals surface area (Å²) >= 11 is 0. The Labute approximate surface area is 95.9 Å². The van der Waals surface area contributed by atoms with Gasteiger partial charge in [-0.1, -0.05) is 0 Å². The SMILES string of the molecule is CC1(C)C(=O)N(CC(C#N)C(F)(F)F)S1(=O)=O.